The third-order valence-electron chi connectivity index (χ3n) is 5.65. The van der Waals surface area contributed by atoms with E-state index in [1.165, 1.54) is 0 Å². The number of benzene rings is 1. The number of hydrogen-bond donors (Lipinski definition) is 0. The number of rotatable bonds is 3. The molecule has 1 saturated heterocycles. The molecule has 164 valence electrons. The van der Waals surface area contributed by atoms with Crippen molar-refractivity contribution in [3.63, 3.8) is 0 Å². The Bertz CT molecular complexity index is 856. The van der Waals surface area contributed by atoms with Crippen LogP contribution in [-0.4, -0.2) is 65.0 Å². The quantitative estimate of drug-likeness (QED) is 0.758. The first-order chi connectivity index (χ1) is 14.0. The number of piperazine rings is 1. The van der Waals surface area contributed by atoms with Gasteiger partial charge in [0.15, 0.2) is 0 Å². The van der Waals surface area contributed by atoms with Crippen LogP contribution in [0.2, 0.25) is 0 Å². The second-order valence-electron chi connectivity index (χ2n) is 9.53. The fourth-order valence-electron chi connectivity index (χ4n) is 4.14. The zero-order valence-electron chi connectivity index (χ0n) is 18.9. The Labute approximate surface area is 179 Å². The molecule has 0 saturated carbocycles. The Morgan fingerprint density at radius 1 is 1.13 bits per heavy atom. The van der Waals surface area contributed by atoms with E-state index in [-0.39, 0.29) is 17.9 Å². The van der Waals surface area contributed by atoms with E-state index >= 15 is 0 Å². The lowest BCUT2D eigenvalue weighted by molar-refractivity contribution is -0.146. The minimum absolute atomic E-state index is 0.0128. The summed E-state index contributed by atoms with van der Waals surface area (Å²) in [5.74, 6) is -0.163. The molecule has 2 heterocycles. The van der Waals surface area contributed by atoms with Crippen LogP contribution in [0.25, 0.3) is 0 Å². The lowest BCUT2D eigenvalue weighted by Gasteiger charge is -2.46. The third-order valence-corrected chi connectivity index (χ3v) is 5.65. The van der Waals surface area contributed by atoms with E-state index in [2.05, 4.69) is 0 Å². The molecule has 1 fully saturated rings. The normalized spacial score (nSPS) is 18.5. The van der Waals surface area contributed by atoms with Gasteiger partial charge in [-0.05, 0) is 71.2 Å². The lowest BCUT2D eigenvalue weighted by Crippen LogP contribution is -2.64. The lowest BCUT2D eigenvalue weighted by atomic mass is 9.95. The highest BCUT2D eigenvalue weighted by atomic mass is 16.6. The molecule has 3 amide bonds. The van der Waals surface area contributed by atoms with Crippen LogP contribution < -0.4 is 4.90 Å². The fraction of sp³-hybridized carbons (Fsp3) is 0.609. The highest BCUT2D eigenvalue weighted by molar-refractivity contribution is 6.01. The van der Waals surface area contributed by atoms with Crippen molar-refractivity contribution < 1.29 is 19.1 Å². The van der Waals surface area contributed by atoms with Crippen LogP contribution in [0.1, 0.15) is 63.9 Å². The number of anilines is 1. The van der Waals surface area contributed by atoms with Crippen LogP contribution in [0.4, 0.5) is 10.5 Å². The molecule has 30 heavy (non-hydrogen) atoms. The fourth-order valence-corrected chi connectivity index (χ4v) is 4.14. The summed E-state index contributed by atoms with van der Waals surface area (Å²) in [7, 11) is 0. The van der Waals surface area contributed by atoms with Crippen LogP contribution in [0.5, 0.6) is 0 Å². The zero-order chi connectivity index (χ0) is 22.3. The predicted molar refractivity (Wildman–Crippen MR) is 116 cm³/mol. The molecule has 3 rings (SSSR count). The predicted octanol–water partition coefficient (Wildman–Crippen LogP) is 3.46. The molecule has 2 aliphatic heterocycles. The van der Waals surface area contributed by atoms with E-state index < -0.39 is 11.1 Å². The van der Waals surface area contributed by atoms with Gasteiger partial charge in [0, 0.05) is 31.7 Å². The molecule has 7 heteroatoms. The molecule has 7 nitrogen and oxygen atoms in total. The van der Waals surface area contributed by atoms with E-state index in [1.54, 1.807) is 15.9 Å². The summed E-state index contributed by atoms with van der Waals surface area (Å²) in [5.41, 5.74) is 0.828. The second kappa shape index (κ2) is 7.93. The highest BCUT2D eigenvalue weighted by Crippen LogP contribution is 2.32. The first-order valence-electron chi connectivity index (χ1n) is 10.7. The van der Waals surface area contributed by atoms with E-state index in [4.69, 9.17) is 4.74 Å². The molecule has 0 aromatic heterocycles. The van der Waals surface area contributed by atoms with Crippen molar-refractivity contribution in [3.8, 4) is 0 Å². The Morgan fingerprint density at radius 3 is 2.47 bits per heavy atom. The molecule has 0 unspecified atom stereocenters. The minimum atomic E-state index is -0.883. The highest BCUT2D eigenvalue weighted by Gasteiger charge is 2.44. The Balaban J connectivity index is 1.79. The van der Waals surface area contributed by atoms with Gasteiger partial charge >= 0.3 is 6.09 Å². The van der Waals surface area contributed by atoms with Crippen molar-refractivity contribution >= 4 is 23.6 Å². The van der Waals surface area contributed by atoms with Crippen molar-refractivity contribution in [1.82, 2.24) is 9.80 Å². The van der Waals surface area contributed by atoms with Crippen LogP contribution in [-0.2, 0) is 16.0 Å². The Kier molecular flexibility index (Phi) is 5.85. The van der Waals surface area contributed by atoms with E-state index in [9.17, 15) is 14.4 Å². The van der Waals surface area contributed by atoms with Gasteiger partial charge in [0.1, 0.15) is 11.1 Å². The van der Waals surface area contributed by atoms with Crippen LogP contribution >= 0.6 is 0 Å². The van der Waals surface area contributed by atoms with Crippen molar-refractivity contribution in [1.29, 1.82) is 0 Å². The van der Waals surface area contributed by atoms with Crippen LogP contribution in [0, 0.1) is 0 Å². The average Bonchev–Trinajstić information content (AvgIpc) is 3.07. The number of amides is 3. The number of carbonyl (C=O) groups excluding carboxylic acids is 3. The standard InChI is InChI=1S/C23H33N3O4/c1-7-11-24-13-14-26(23(5,6)20(24)28)19(27)17-8-9-18-16(15-17)10-12-25(18)21(29)30-22(2,3)4/h8-9,15H,7,10-14H2,1-6H3. The number of fused-ring (bicyclic) bond motifs is 1. The maximum Gasteiger partial charge on any atom is 0.414 e. The van der Waals surface area contributed by atoms with Crippen molar-refractivity contribution in [2.24, 2.45) is 0 Å². The maximum atomic E-state index is 13.3. The van der Waals surface area contributed by atoms with Gasteiger partial charge in [-0.2, -0.15) is 0 Å². The molecular weight excluding hydrogens is 382 g/mol. The molecule has 0 N–H and O–H groups in total. The van der Waals surface area contributed by atoms with Crippen LogP contribution in [0.15, 0.2) is 18.2 Å². The molecule has 0 radical (unpaired) electrons. The third kappa shape index (κ3) is 4.16. The van der Waals surface area contributed by atoms with Gasteiger partial charge in [0.2, 0.25) is 5.91 Å². The maximum absolute atomic E-state index is 13.3. The minimum Gasteiger partial charge on any atom is -0.443 e. The van der Waals surface area contributed by atoms with Gasteiger partial charge in [-0.1, -0.05) is 6.92 Å². The first-order valence-corrected chi connectivity index (χ1v) is 10.7. The molecule has 1 aromatic rings. The van der Waals surface area contributed by atoms with E-state index in [0.29, 0.717) is 38.2 Å². The van der Waals surface area contributed by atoms with Crippen molar-refractivity contribution in [2.45, 2.75) is 65.5 Å². The zero-order valence-corrected chi connectivity index (χ0v) is 18.9. The van der Waals surface area contributed by atoms with Gasteiger partial charge < -0.3 is 14.5 Å². The largest absolute Gasteiger partial charge is 0.443 e. The molecule has 2 aliphatic rings. The molecule has 0 bridgehead atoms. The first kappa shape index (κ1) is 22.1. The molecule has 0 aliphatic carbocycles. The topological polar surface area (TPSA) is 70.2 Å². The monoisotopic (exact) mass is 415 g/mol. The van der Waals surface area contributed by atoms with Gasteiger partial charge in [-0.15, -0.1) is 0 Å². The number of nitrogens with zero attached hydrogens (tertiary/aromatic N) is 3. The van der Waals surface area contributed by atoms with Gasteiger partial charge in [0.05, 0.1) is 5.69 Å². The summed E-state index contributed by atoms with van der Waals surface area (Å²) in [6.07, 6.45) is 1.19. The molecular formula is C23H33N3O4. The van der Waals surface area contributed by atoms with Gasteiger partial charge in [-0.3, -0.25) is 14.5 Å². The summed E-state index contributed by atoms with van der Waals surface area (Å²) in [4.78, 5) is 43.8. The van der Waals surface area contributed by atoms with Crippen molar-refractivity contribution in [2.75, 3.05) is 31.1 Å². The van der Waals surface area contributed by atoms with E-state index in [0.717, 1.165) is 17.7 Å². The smallest absolute Gasteiger partial charge is 0.414 e. The molecule has 0 atom stereocenters. The Morgan fingerprint density at radius 2 is 1.83 bits per heavy atom. The Hall–Kier alpha value is -2.57. The SMILES string of the molecule is CCCN1CCN(C(=O)c2ccc3c(c2)CCN3C(=O)OC(C)(C)C)C(C)(C)C1=O. The number of hydrogen-bond acceptors (Lipinski definition) is 4. The summed E-state index contributed by atoms with van der Waals surface area (Å²) >= 11 is 0. The number of carbonyl (C=O) groups is 3. The second-order valence-corrected chi connectivity index (χ2v) is 9.53. The average molecular weight is 416 g/mol. The summed E-state index contributed by atoms with van der Waals surface area (Å²) in [6.45, 7) is 13.5. The summed E-state index contributed by atoms with van der Waals surface area (Å²) in [5, 5.41) is 0. The van der Waals surface area contributed by atoms with Crippen LogP contribution in [0.3, 0.4) is 0 Å². The van der Waals surface area contributed by atoms with Crippen molar-refractivity contribution in [3.05, 3.63) is 29.3 Å². The summed E-state index contributed by atoms with van der Waals surface area (Å²) in [6, 6.07) is 5.39. The molecule has 0 spiro atoms. The van der Waals surface area contributed by atoms with Gasteiger partial charge in [0.25, 0.3) is 5.91 Å². The van der Waals surface area contributed by atoms with Gasteiger partial charge in [-0.25, -0.2) is 4.79 Å². The molecule has 1 aromatic carbocycles. The van der Waals surface area contributed by atoms with E-state index in [1.807, 2.05) is 58.6 Å². The summed E-state index contributed by atoms with van der Waals surface area (Å²) < 4.78 is 5.49. The number of ether oxygens (including phenoxy) is 1.